The fourth-order valence-corrected chi connectivity index (χ4v) is 2.52. The Morgan fingerprint density at radius 3 is 2.48 bits per heavy atom. The first-order valence-corrected chi connectivity index (χ1v) is 8.12. The molecule has 0 radical (unpaired) electrons. The summed E-state index contributed by atoms with van der Waals surface area (Å²) < 4.78 is 6.84. The number of carbonyl (C=O) groups is 2. The maximum Gasteiger partial charge on any atom is 0.418 e. The first-order valence-electron chi connectivity index (χ1n) is 7.60. The van der Waals surface area contributed by atoms with Gasteiger partial charge in [0.1, 0.15) is 16.7 Å². The SMILES string of the molecule is C=Cc1nn2c(c1C)C(=O)N(C(=O)OC(C)(C)C)C(S)C2.CC. The van der Waals surface area contributed by atoms with Gasteiger partial charge in [-0.2, -0.15) is 17.7 Å². The van der Waals surface area contributed by atoms with Crippen LogP contribution >= 0.6 is 12.6 Å². The summed E-state index contributed by atoms with van der Waals surface area (Å²) in [4.78, 5) is 25.8. The van der Waals surface area contributed by atoms with Crippen LogP contribution in [0.4, 0.5) is 4.79 Å². The van der Waals surface area contributed by atoms with Crippen LogP contribution in [0.3, 0.4) is 0 Å². The maximum atomic E-state index is 12.6. The molecule has 0 spiro atoms. The second-order valence-electron chi connectivity index (χ2n) is 5.88. The van der Waals surface area contributed by atoms with Crippen LogP contribution < -0.4 is 0 Å². The second kappa shape index (κ2) is 7.21. The van der Waals surface area contributed by atoms with Crippen LogP contribution in [0.15, 0.2) is 6.58 Å². The highest BCUT2D eigenvalue weighted by Gasteiger charge is 2.39. The Labute approximate surface area is 142 Å². The average Bonchev–Trinajstić information content (AvgIpc) is 2.75. The van der Waals surface area contributed by atoms with Gasteiger partial charge >= 0.3 is 6.09 Å². The van der Waals surface area contributed by atoms with Crippen LogP contribution in [0.2, 0.25) is 0 Å². The van der Waals surface area contributed by atoms with Crippen molar-refractivity contribution in [2.75, 3.05) is 0 Å². The summed E-state index contributed by atoms with van der Waals surface area (Å²) >= 11 is 4.32. The molecule has 1 aliphatic heterocycles. The van der Waals surface area contributed by atoms with Crippen LogP contribution in [0.1, 0.15) is 56.4 Å². The van der Waals surface area contributed by atoms with E-state index in [4.69, 9.17) is 4.74 Å². The lowest BCUT2D eigenvalue weighted by Gasteiger charge is -2.33. The molecule has 7 heteroatoms. The summed E-state index contributed by atoms with van der Waals surface area (Å²) in [5.74, 6) is -0.450. The Balaban J connectivity index is 0.00000127. The molecule has 6 nitrogen and oxygen atoms in total. The van der Waals surface area contributed by atoms with E-state index in [1.165, 1.54) is 0 Å². The Kier molecular flexibility index (Phi) is 6.04. The van der Waals surface area contributed by atoms with Gasteiger partial charge in [0.05, 0.1) is 12.2 Å². The number of thiol groups is 1. The van der Waals surface area contributed by atoms with Crippen LogP contribution in [0.5, 0.6) is 0 Å². The van der Waals surface area contributed by atoms with Crippen molar-refractivity contribution in [2.45, 2.75) is 59.1 Å². The van der Waals surface area contributed by atoms with E-state index in [2.05, 4.69) is 24.3 Å². The molecule has 2 heterocycles. The molecular formula is C16H25N3O3S. The summed E-state index contributed by atoms with van der Waals surface area (Å²) in [7, 11) is 0. The van der Waals surface area contributed by atoms with Crippen molar-refractivity contribution in [3.63, 3.8) is 0 Å². The molecule has 2 rings (SSSR count). The Morgan fingerprint density at radius 1 is 1.43 bits per heavy atom. The number of carbonyl (C=O) groups excluding carboxylic acids is 2. The standard InChI is InChI=1S/C14H19N3O3S.C2H6/c1-6-9-8(2)11-12(18)17(10(21)7-16(11)15-9)13(19)20-14(3,4)5;1-2/h6,10,21H,1,7H2,2-5H3;1-2H3. The molecule has 1 unspecified atom stereocenters. The highest BCUT2D eigenvalue weighted by atomic mass is 32.1. The van der Waals surface area contributed by atoms with Gasteiger partial charge in [0.25, 0.3) is 5.91 Å². The van der Waals surface area contributed by atoms with E-state index in [0.717, 1.165) is 4.90 Å². The van der Waals surface area contributed by atoms with E-state index in [1.54, 1.807) is 38.5 Å². The van der Waals surface area contributed by atoms with Crippen molar-refractivity contribution >= 4 is 30.7 Å². The molecule has 0 bridgehead atoms. The van der Waals surface area contributed by atoms with Crippen LogP contribution in [-0.4, -0.2) is 37.7 Å². The van der Waals surface area contributed by atoms with Crippen molar-refractivity contribution in [3.05, 3.63) is 23.5 Å². The largest absolute Gasteiger partial charge is 0.443 e. The third-order valence-electron chi connectivity index (χ3n) is 3.07. The average molecular weight is 339 g/mol. The van der Waals surface area contributed by atoms with Crippen molar-refractivity contribution in [2.24, 2.45) is 0 Å². The number of rotatable bonds is 1. The zero-order valence-corrected chi connectivity index (χ0v) is 15.5. The number of amides is 2. The van der Waals surface area contributed by atoms with Gasteiger partial charge in [-0.1, -0.05) is 20.4 Å². The normalized spacial score (nSPS) is 17.1. The fourth-order valence-electron chi connectivity index (χ4n) is 2.17. The number of imide groups is 1. The lowest BCUT2D eigenvalue weighted by molar-refractivity contribution is 0.0186. The number of ether oxygens (including phenoxy) is 1. The van der Waals surface area contributed by atoms with Gasteiger partial charge in [0, 0.05) is 5.56 Å². The minimum Gasteiger partial charge on any atom is -0.443 e. The monoisotopic (exact) mass is 339 g/mol. The summed E-state index contributed by atoms with van der Waals surface area (Å²) in [5.41, 5.74) is 1.03. The van der Waals surface area contributed by atoms with E-state index in [0.29, 0.717) is 23.5 Å². The highest BCUT2D eigenvalue weighted by molar-refractivity contribution is 7.80. The Morgan fingerprint density at radius 2 is 2.00 bits per heavy atom. The molecule has 1 atom stereocenters. The van der Waals surface area contributed by atoms with Gasteiger partial charge in [-0.25, -0.2) is 9.69 Å². The second-order valence-corrected chi connectivity index (χ2v) is 6.48. The zero-order chi connectivity index (χ0) is 17.9. The molecule has 0 aliphatic carbocycles. The number of hydrogen-bond donors (Lipinski definition) is 1. The summed E-state index contributed by atoms with van der Waals surface area (Å²) in [5, 5.41) is 3.67. The molecule has 1 aliphatic rings. The van der Waals surface area contributed by atoms with E-state index in [1.807, 2.05) is 13.8 Å². The predicted octanol–water partition coefficient (Wildman–Crippen LogP) is 3.51. The minimum absolute atomic E-state index is 0.318. The van der Waals surface area contributed by atoms with Crippen molar-refractivity contribution in [1.82, 2.24) is 14.7 Å². The molecule has 2 amide bonds. The van der Waals surface area contributed by atoms with Crippen molar-refractivity contribution < 1.29 is 14.3 Å². The summed E-state index contributed by atoms with van der Waals surface area (Å²) in [6, 6.07) is 0. The summed E-state index contributed by atoms with van der Waals surface area (Å²) in [6.07, 6.45) is 0.888. The minimum atomic E-state index is -0.695. The molecule has 0 aromatic carbocycles. The van der Waals surface area contributed by atoms with E-state index < -0.39 is 23.0 Å². The van der Waals surface area contributed by atoms with Gasteiger partial charge in [0.15, 0.2) is 0 Å². The third-order valence-corrected chi connectivity index (χ3v) is 3.46. The van der Waals surface area contributed by atoms with Gasteiger partial charge in [-0.3, -0.25) is 9.48 Å². The fraction of sp³-hybridized carbons (Fsp3) is 0.562. The number of nitrogens with zero attached hydrogens (tertiary/aromatic N) is 3. The van der Waals surface area contributed by atoms with Gasteiger partial charge in [0.2, 0.25) is 0 Å². The third kappa shape index (κ3) is 3.96. The van der Waals surface area contributed by atoms with Gasteiger partial charge < -0.3 is 4.74 Å². The van der Waals surface area contributed by atoms with Gasteiger partial charge in [-0.15, -0.1) is 0 Å². The smallest absolute Gasteiger partial charge is 0.418 e. The molecule has 0 saturated carbocycles. The molecule has 0 saturated heterocycles. The summed E-state index contributed by atoms with van der Waals surface area (Å²) in [6.45, 7) is 15.0. The van der Waals surface area contributed by atoms with E-state index >= 15 is 0 Å². The van der Waals surface area contributed by atoms with Gasteiger partial charge in [-0.05, 0) is 33.8 Å². The molecule has 0 N–H and O–H groups in total. The maximum absolute atomic E-state index is 12.6. The van der Waals surface area contributed by atoms with Crippen LogP contribution in [0, 0.1) is 6.92 Å². The first kappa shape index (κ1) is 19.3. The van der Waals surface area contributed by atoms with Crippen molar-refractivity contribution in [3.8, 4) is 0 Å². The highest BCUT2D eigenvalue weighted by Crippen LogP contribution is 2.26. The molecule has 23 heavy (non-hydrogen) atoms. The van der Waals surface area contributed by atoms with E-state index in [9.17, 15) is 9.59 Å². The lowest BCUT2D eigenvalue weighted by Crippen LogP contribution is -2.50. The quantitative estimate of drug-likeness (QED) is 0.795. The molecule has 128 valence electrons. The predicted molar refractivity (Wildman–Crippen MR) is 93.6 cm³/mol. The van der Waals surface area contributed by atoms with Crippen LogP contribution in [-0.2, 0) is 11.3 Å². The Hall–Kier alpha value is -1.76. The molecule has 1 aromatic rings. The lowest BCUT2D eigenvalue weighted by atomic mass is 10.1. The first-order chi connectivity index (χ1) is 10.7. The van der Waals surface area contributed by atoms with E-state index in [-0.39, 0.29) is 0 Å². The number of fused-ring (bicyclic) bond motifs is 1. The topological polar surface area (TPSA) is 64.4 Å². The Bertz CT molecular complexity index is 617. The van der Waals surface area contributed by atoms with Crippen LogP contribution in [0.25, 0.3) is 6.08 Å². The number of hydrogen-bond acceptors (Lipinski definition) is 5. The molecular weight excluding hydrogens is 314 g/mol. The molecule has 0 fully saturated rings. The number of aromatic nitrogens is 2. The zero-order valence-electron chi connectivity index (χ0n) is 14.6. The van der Waals surface area contributed by atoms with Crippen molar-refractivity contribution in [1.29, 1.82) is 0 Å². The molecule has 1 aromatic heterocycles.